The molecule has 1 aromatic heterocycles. The van der Waals surface area contributed by atoms with Crippen LogP contribution in [-0.2, 0) is 4.74 Å². The molecule has 0 spiro atoms. The average Bonchev–Trinajstić information content (AvgIpc) is 2.73. The number of carbonyl (C=O) groups excluding carboxylic acids is 1. The van der Waals surface area contributed by atoms with Gasteiger partial charge in [-0.05, 0) is 12.7 Å². The van der Waals surface area contributed by atoms with E-state index >= 15 is 0 Å². The highest BCUT2D eigenvalue weighted by molar-refractivity contribution is 8.02. The minimum Gasteiger partial charge on any atom is -0.459 e. The number of ether oxygens (including phenoxy) is 1. The van der Waals surface area contributed by atoms with Gasteiger partial charge in [-0.1, -0.05) is 23.8 Å². The zero-order chi connectivity index (χ0) is 11.8. The Morgan fingerprint density at radius 3 is 2.88 bits per heavy atom. The Kier molecular flexibility index (Phi) is 6.32. The highest BCUT2D eigenvalue weighted by Gasteiger charge is 2.15. The minimum atomic E-state index is -0.565. The van der Waals surface area contributed by atoms with Gasteiger partial charge in [0.15, 0.2) is 0 Å². The van der Waals surface area contributed by atoms with Gasteiger partial charge in [0, 0.05) is 11.5 Å². The van der Waals surface area contributed by atoms with Crippen molar-refractivity contribution >= 4 is 29.5 Å². The normalized spacial score (nSPS) is 10.4. The van der Waals surface area contributed by atoms with E-state index in [0.29, 0.717) is 11.8 Å². The second kappa shape index (κ2) is 7.56. The molecule has 0 N–H and O–H groups in total. The summed E-state index contributed by atoms with van der Waals surface area (Å²) < 4.78 is 9.87. The van der Waals surface area contributed by atoms with Gasteiger partial charge in [0.25, 0.3) is 5.22 Å². The fourth-order valence-corrected chi connectivity index (χ4v) is 2.38. The number of carbonyl (C=O) groups is 1. The molecule has 1 rings (SSSR count). The van der Waals surface area contributed by atoms with Crippen LogP contribution in [0.1, 0.15) is 24.5 Å². The molecule has 0 saturated carbocycles. The lowest BCUT2D eigenvalue weighted by molar-refractivity contribution is 0.0475. The zero-order valence-corrected chi connectivity index (χ0v) is 10.9. The van der Waals surface area contributed by atoms with Crippen molar-refractivity contribution in [2.75, 3.05) is 23.9 Å². The third-order valence-electron chi connectivity index (χ3n) is 1.51. The van der Waals surface area contributed by atoms with E-state index < -0.39 is 5.97 Å². The molecule has 0 bridgehead atoms. The van der Waals surface area contributed by atoms with Crippen molar-refractivity contribution in [1.82, 2.24) is 10.2 Å². The Labute approximate surface area is 103 Å². The first-order valence-electron chi connectivity index (χ1n) is 4.99. The molecule has 0 saturated heterocycles. The van der Waals surface area contributed by atoms with Crippen molar-refractivity contribution in [2.24, 2.45) is 0 Å². The molecule has 0 unspecified atom stereocenters. The fourth-order valence-electron chi connectivity index (χ4n) is 0.876. The smallest absolute Gasteiger partial charge is 0.396 e. The molecule has 0 aliphatic heterocycles. The fraction of sp³-hybridized carbons (Fsp3) is 0.667. The van der Waals surface area contributed by atoms with Gasteiger partial charge in [0.1, 0.15) is 0 Å². The van der Waals surface area contributed by atoms with Crippen molar-refractivity contribution in [1.29, 1.82) is 0 Å². The Morgan fingerprint density at radius 1 is 1.38 bits per heavy atom. The number of hydrogen-bond donors (Lipinski definition) is 0. The summed E-state index contributed by atoms with van der Waals surface area (Å²) in [6.07, 6.45) is 0. The Hall–Kier alpha value is -0.690. The second-order valence-electron chi connectivity index (χ2n) is 2.64. The minimum absolute atomic E-state index is 0.0764. The first-order chi connectivity index (χ1) is 7.77. The van der Waals surface area contributed by atoms with Crippen LogP contribution in [0.5, 0.6) is 0 Å². The van der Waals surface area contributed by atoms with Crippen molar-refractivity contribution in [3.05, 3.63) is 5.89 Å². The molecule has 0 radical (unpaired) electrons. The van der Waals surface area contributed by atoms with Gasteiger partial charge in [-0.3, -0.25) is 0 Å². The maximum atomic E-state index is 11.2. The maximum absolute atomic E-state index is 11.2. The monoisotopic (exact) mass is 262 g/mol. The van der Waals surface area contributed by atoms with Crippen LogP contribution in [-0.4, -0.2) is 40.0 Å². The van der Waals surface area contributed by atoms with Gasteiger partial charge in [-0.25, -0.2) is 4.79 Å². The lowest BCUT2D eigenvalue weighted by Crippen LogP contribution is -2.04. The highest BCUT2D eigenvalue weighted by Crippen LogP contribution is 2.17. The summed E-state index contributed by atoms with van der Waals surface area (Å²) in [5.74, 6) is 2.37. The molecular formula is C9H14N2O3S2. The summed E-state index contributed by atoms with van der Waals surface area (Å²) in [6.45, 7) is 4.14. The van der Waals surface area contributed by atoms with Gasteiger partial charge < -0.3 is 9.15 Å². The zero-order valence-electron chi connectivity index (χ0n) is 9.26. The van der Waals surface area contributed by atoms with E-state index in [1.54, 1.807) is 6.92 Å². The molecule has 0 amide bonds. The molecule has 0 fully saturated rings. The summed E-state index contributed by atoms with van der Waals surface area (Å²) in [5, 5.41) is 7.78. The van der Waals surface area contributed by atoms with Gasteiger partial charge in [-0.2, -0.15) is 11.8 Å². The summed E-state index contributed by atoms with van der Waals surface area (Å²) in [7, 11) is 0. The SMILES string of the molecule is CCOC(=O)c1nnc(SCCSCC)o1. The van der Waals surface area contributed by atoms with E-state index in [0.717, 1.165) is 17.3 Å². The van der Waals surface area contributed by atoms with E-state index in [2.05, 4.69) is 17.1 Å². The number of esters is 1. The van der Waals surface area contributed by atoms with Crippen LogP contribution in [0, 0.1) is 0 Å². The van der Waals surface area contributed by atoms with E-state index in [4.69, 9.17) is 9.15 Å². The molecule has 0 aliphatic rings. The first-order valence-corrected chi connectivity index (χ1v) is 7.13. The van der Waals surface area contributed by atoms with Crippen molar-refractivity contribution in [3.8, 4) is 0 Å². The largest absolute Gasteiger partial charge is 0.459 e. The topological polar surface area (TPSA) is 65.2 Å². The van der Waals surface area contributed by atoms with Gasteiger partial charge in [-0.15, -0.1) is 5.10 Å². The van der Waals surface area contributed by atoms with E-state index in [1.807, 2.05) is 11.8 Å². The lowest BCUT2D eigenvalue weighted by atomic mass is 10.7. The third kappa shape index (κ3) is 4.44. The molecule has 16 heavy (non-hydrogen) atoms. The summed E-state index contributed by atoms with van der Waals surface area (Å²) in [5.41, 5.74) is 0. The van der Waals surface area contributed by atoms with Gasteiger partial charge >= 0.3 is 11.9 Å². The van der Waals surface area contributed by atoms with Crippen LogP contribution in [0.2, 0.25) is 0 Å². The molecule has 0 aliphatic carbocycles. The summed E-state index contributed by atoms with van der Waals surface area (Å²) >= 11 is 3.29. The van der Waals surface area contributed by atoms with Crippen LogP contribution in [0.15, 0.2) is 9.64 Å². The predicted molar refractivity (Wildman–Crippen MR) is 64.0 cm³/mol. The number of thioether (sulfide) groups is 2. The first kappa shape index (κ1) is 13.4. The lowest BCUT2D eigenvalue weighted by Gasteiger charge is -1.95. The van der Waals surface area contributed by atoms with E-state index in [1.165, 1.54) is 11.8 Å². The van der Waals surface area contributed by atoms with Crippen molar-refractivity contribution < 1.29 is 13.9 Å². The van der Waals surface area contributed by atoms with E-state index in [9.17, 15) is 4.79 Å². The van der Waals surface area contributed by atoms with Crippen LogP contribution in [0.4, 0.5) is 0 Å². The Bertz CT molecular complexity index is 330. The number of rotatable bonds is 7. The van der Waals surface area contributed by atoms with Crippen molar-refractivity contribution in [3.63, 3.8) is 0 Å². The van der Waals surface area contributed by atoms with Crippen LogP contribution in [0.3, 0.4) is 0 Å². The second-order valence-corrected chi connectivity index (χ2v) is 5.08. The number of hydrogen-bond acceptors (Lipinski definition) is 7. The van der Waals surface area contributed by atoms with Crippen molar-refractivity contribution in [2.45, 2.75) is 19.1 Å². The van der Waals surface area contributed by atoms with Gasteiger partial charge in [0.2, 0.25) is 0 Å². The highest BCUT2D eigenvalue weighted by atomic mass is 32.2. The number of nitrogens with zero attached hydrogens (tertiary/aromatic N) is 2. The maximum Gasteiger partial charge on any atom is 0.396 e. The van der Waals surface area contributed by atoms with Crippen LogP contribution in [0.25, 0.3) is 0 Å². The molecule has 1 heterocycles. The molecule has 7 heteroatoms. The van der Waals surface area contributed by atoms with E-state index in [-0.39, 0.29) is 5.89 Å². The average molecular weight is 262 g/mol. The number of aromatic nitrogens is 2. The summed E-state index contributed by atoms with van der Waals surface area (Å²) in [6, 6.07) is 0. The quantitative estimate of drug-likeness (QED) is 0.423. The Morgan fingerprint density at radius 2 is 2.19 bits per heavy atom. The Balaban J connectivity index is 2.36. The molecule has 90 valence electrons. The molecule has 5 nitrogen and oxygen atoms in total. The molecule has 1 aromatic rings. The molecular weight excluding hydrogens is 248 g/mol. The van der Waals surface area contributed by atoms with Crippen LogP contribution >= 0.6 is 23.5 Å². The molecule has 0 aromatic carbocycles. The summed E-state index contributed by atoms with van der Waals surface area (Å²) in [4.78, 5) is 11.2. The van der Waals surface area contributed by atoms with Gasteiger partial charge in [0.05, 0.1) is 6.61 Å². The van der Waals surface area contributed by atoms with Crippen LogP contribution < -0.4 is 0 Å². The third-order valence-corrected chi connectivity index (χ3v) is 3.49. The molecule has 0 atom stereocenters. The standard InChI is InChI=1S/C9H14N2O3S2/c1-3-13-8(12)7-10-11-9(14-7)16-6-5-15-4-2/h3-6H2,1-2H3. The predicted octanol–water partition coefficient (Wildman–Crippen LogP) is 2.09.